The first-order chi connectivity index (χ1) is 12.6. The topological polar surface area (TPSA) is 88.3 Å². The molecule has 2 aliphatic heterocycles. The SMILES string of the molecule is O=C(O)CCCCC1CC2CCC(C1)N2C(=O)n1nnc2ccccc21. The number of nitrogens with zero attached hydrogens (tertiary/aromatic N) is 4. The fraction of sp³-hybridized carbons (Fsp3) is 0.579. The van der Waals surface area contributed by atoms with Gasteiger partial charge in [-0.15, -0.1) is 5.10 Å². The van der Waals surface area contributed by atoms with Gasteiger partial charge in [-0.25, -0.2) is 4.79 Å². The lowest BCUT2D eigenvalue weighted by atomic mass is 9.87. The summed E-state index contributed by atoms with van der Waals surface area (Å²) in [5, 5.41) is 16.9. The number of carbonyl (C=O) groups is 2. The second kappa shape index (κ2) is 7.05. The lowest BCUT2D eigenvalue weighted by Crippen LogP contribution is -2.48. The minimum atomic E-state index is -0.717. The number of piperidine rings is 1. The van der Waals surface area contributed by atoms with Crippen molar-refractivity contribution in [2.75, 3.05) is 0 Å². The zero-order valence-electron chi connectivity index (χ0n) is 14.8. The summed E-state index contributed by atoms with van der Waals surface area (Å²) in [6.45, 7) is 0. The molecule has 0 aliphatic carbocycles. The van der Waals surface area contributed by atoms with Crippen LogP contribution in [0.1, 0.15) is 51.4 Å². The molecule has 26 heavy (non-hydrogen) atoms. The molecule has 2 aliphatic rings. The third-order valence-corrected chi connectivity index (χ3v) is 5.84. The van der Waals surface area contributed by atoms with Crippen LogP contribution in [-0.2, 0) is 4.79 Å². The lowest BCUT2D eigenvalue weighted by Gasteiger charge is -2.38. The molecule has 0 radical (unpaired) electrons. The molecule has 2 unspecified atom stereocenters. The maximum absolute atomic E-state index is 13.1. The summed E-state index contributed by atoms with van der Waals surface area (Å²) >= 11 is 0. The van der Waals surface area contributed by atoms with Gasteiger partial charge < -0.3 is 10.0 Å². The highest BCUT2D eigenvalue weighted by molar-refractivity contribution is 5.88. The van der Waals surface area contributed by atoms with E-state index in [0.717, 1.165) is 56.0 Å². The maximum Gasteiger partial charge on any atom is 0.347 e. The third kappa shape index (κ3) is 3.18. The van der Waals surface area contributed by atoms with Crippen molar-refractivity contribution in [2.24, 2.45) is 5.92 Å². The van der Waals surface area contributed by atoms with Gasteiger partial charge in [0.25, 0.3) is 0 Å². The summed E-state index contributed by atoms with van der Waals surface area (Å²) in [5.41, 5.74) is 1.49. The van der Waals surface area contributed by atoms with E-state index in [4.69, 9.17) is 5.11 Å². The molecular weight excluding hydrogens is 332 g/mol. The molecule has 3 heterocycles. The number of fused-ring (bicyclic) bond motifs is 3. The van der Waals surface area contributed by atoms with E-state index >= 15 is 0 Å². The van der Waals surface area contributed by atoms with Gasteiger partial charge in [0, 0.05) is 18.5 Å². The van der Waals surface area contributed by atoms with Gasteiger partial charge in [0.15, 0.2) is 0 Å². The molecule has 4 rings (SSSR count). The van der Waals surface area contributed by atoms with E-state index in [-0.39, 0.29) is 24.5 Å². The van der Waals surface area contributed by atoms with E-state index in [0.29, 0.717) is 5.92 Å². The molecule has 138 valence electrons. The highest BCUT2D eigenvalue weighted by atomic mass is 16.4. The first-order valence-electron chi connectivity index (χ1n) is 9.48. The summed E-state index contributed by atoms with van der Waals surface area (Å²) in [5.74, 6) is -0.122. The highest BCUT2D eigenvalue weighted by Crippen LogP contribution is 2.41. The Balaban J connectivity index is 1.42. The standard InChI is InChI=1S/C19H24N4O3/c24-18(25)8-4-1-5-13-11-14-9-10-15(12-13)22(14)19(26)23-17-7-3-2-6-16(17)20-21-23/h2-3,6-7,13-15H,1,4-5,8-12H2,(H,24,25). The van der Waals surface area contributed by atoms with Crippen LogP contribution in [0.15, 0.2) is 24.3 Å². The predicted molar refractivity (Wildman–Crippen MR) is 95.8 cm³/mol. The van der Waals surface area contributed by atoms with Crippen LogP contribution in [0, 0.1) is 5.92 Å². The Morgan fingerprint density at radius 2 is 1.85 bits per heavy atom. The highest BCUT2D eigenvalue weighted by Gasteiger charge is 2.43. The number of carbonyl (C=O) groups excluding carboxylic acids is 1. The number of para-hydroxylation sites is 1. The number of hydrogen-bond donors (Lipinski definition) is 1. The molecule has 2 fully saturated rings. The number of unbranched alkanes of at least 4 members (excludes halogenated alkanes) is 1. The smallest absolute Gasteiger partial charge is 0.347 e. The van der Waals surface area contributed by atoms with Gasteiger partial charge in [-0.1, -0.05) is 30.2 Å². The molecular formula is C19H24N4O3. The summed E-state index contributed by atoms with van der Waals surface area (Å²) in [6, 6.07) is 8.02. The Bertz CT molecular complexity index is 804. The van der Waals surface area contributed by atoms with Crippen molar-refractivity contribution in [3.05, 3.63) is 24.3 Å². The monoisotopic (exact) mass is 356 g/mol. The van der Waals surface area contributed by atoms with Crippen molar-refractivity contribution in [3.63, 3.8) is 0 Å². The molecule has 1 amide bonds. The molecule has 0 spiro atoms. The number of aromatic nitrogens is 3. The van der Waals surface area contributed by atoms with Gasteiger partial charge in [0.2, 0.25) is 0 Å². The fourth-order valence-electron chi connectivity index (χ4n) is 4.67. The Labute approximate surface area is 152 Å². The van der Waals surface area contributed by atoms with E-state index in [1.165, 1.54) is 4.68 Å². The van der Waals surface area contributed by atoms with Crippen LogP contribution >= 0.6 is 0 Å². The Morgan fingerprint density at radius 1 is 1.12 bits per heavy atom. The molecule has 2 aromatic rings. The minimum absolute atomic E-state index is 0.0597. The predicted octanol–water partition coefficient (Wildman–Crippen LogP) is 3.29. The minimum Gasteiger partial charge on any atom is -0.481 e. The molecule has 2 atom stereocenters. The summed E-state index contributed by atoms with van der Waals surface area (Å²) in [4.78, 5) is 25.8. The van der Waals surface area contributed by atoms with Crippen LogP contribution in [0.5, 0.6) is 0 Å². The third-order valence-electron chi connectivity index (χ3n) is 5.84. The van der Waals surface area contributed by atoms with Crippen molar-refractivity contribution < 1.29 is 14.7 Å². The second-order valence-electron chi connectivity index (χ2n) is 7.54. The number of amides is 1. The van der Waals surface area contributed by atoms with Gasteiger partial charge in [-0.3, -0.25) is 4.79 Å². The van der Waals surface area contributed by atoms with Gasteiger partial charge >= 0.3 is 12.0 Å². The summed E-state index contributed by atoms with van der Waals surface area (Å²) in [7, 11) is 0. The van der Waals surface area contributed by atoms with Crippen LogP contribution in [0.3, 0.4) is 0 Å². The van der Waals surface area contributed by atoms with Crippen LogP contribution < -0.4 is 0 Å². The van der Waals surface area contributed by atoms with Gasteiger partial charge in [0.1, 0.15) is 5.52 Å². The first kappa shape index (κ1) is 17.0. The quantitative estimate of drug-likeness (QED) is 0.831. The van der Waals surface area contributed by atoms with Crippen molar-refractivity contribution >= 4 is 23.0 Å². The van der Waals surface area contributed by atoms with E-state index in [9.17, 15) is 9.59 Å². The second-order valence-corrected chi connectivity index (χ2v) is 7.54. The van der Waals surface area contributed by atoms with Gasteiger partial charge in [-0.05, 0) is 50.2 Å². The van der Waals surface area contributed by atoms with Crippen molar-refractivity contribution in [2.45, 2.75) is 63.5 Å². The largest absolute Gasteiger partial charge is 0.481 e. The normalized spacial score (nSPS) is 24.9. The Hall–Kier alpha value is -2.44. The zero-order chi connectivity index (χ0) is 18.1. The van der Waals surface area contributed by atoms with E-state index < -0.39 is 5.97 Å². The molecule has 1 aromatic carbocycles. The summed E-state index contributed by atoms with van der Waals surface area (Å²) < 4.78 is 1.44. The van der Waals surface area contributed by atoms with Crippen molar-refractivity contribution in [1.82, 2.24) is 19.9 Å². The van der Waals surface area contributed by atoms with Crippen molar-refractivity contribution in [3.8, 4) is 0 Å². The van der Waals surface area contributed by atoms with Crippen molar-refractivity contribution in [1.29, 1.82) is 0 Å². The number of aliphatic carboxylic acids is 1. The zero-order valence-corrected chi connectivity index (χ0v) is 14.8. The van der Waals surface area contributed by atoms with E-state index in [1.807, 2.05) is 29.2 Å². The molecule has 7 nitrogen and oxygen atoms in total. The maximum atomic E-state index is 13.1. The Kier molecular flexibility index (Phi) is 4.61. The molecule has 2 saturated heterocycles. The molecule has 0 saturated carbocycles. The Morgan fingerprint density at radius 3 is 2.58 bits per heavy atom. The number of benzene rings is 1. The lowest BCUT2D eigenvalue weighted by molar-refractivity contribution is -0.137. The number of carboxylic acids is 1. The first-order valence-corrected chi connectivity index (χ1v) is 9.48. The summed E-state index contributed by atoms with van der Waals surface area (Å²) in [6.07, 6.45) is 7.15. The number of rotatable bonds is 5. The van der Waals surface area contributed by atoms with Crippen LogP contribution in [0.2, 0.25) is 0 Å². The molecule has 2 bridgehead atoms. The fourth-order valence-corrected chi connectivity index (χ4v) is 4.67. The average molecular weight is 356 g/mol. The average Bonchev–Trinajstić information content (AvgIpc) is 3.17. The molecule has 7 heteroatoms. The number of carboxylic acid groups (broad SMARTS) is 1. The van der Waals surface area contributed by atoms with E-state index in [2.05, 4.69) is 10.3 Å². The van der Waals surface area contributed by atoms with Crippen LogP contribution in [0.25, 0.3) is 11.0 Å². The molecule has 1 aromatic heterocycles. The van der Waals surface area contributed by atoms with Crippen LogP contribution in [0.4, 0.5) is 4.79 Å². The van der Waals surface area contributed by atoms with Gasteiger partial charge in [-0.2, -0.15) is 4.68 Å². The van der Waals surface area contributed by atoms with Crippen LogP contribution in [-0.4, -0.2) is 49.1 Å². The molecule has 1 N–H and O–H groups in total. The van der Waals surface area contributed by atoms with E-state index in [1.54, 1.807) is 0 Å². The van der Waals surface area contributed by atoms with Gasteiger partial charge in [0.05, 0.1) is 5.52 Å². The number of hydrogen-bond acceptors (Lipinski definition) is 4.